The number of fused-ring (bicyclic) bond motifs is 2. The fourth-order valence-corrected chi connectivity index (χ4v) is 3.36. The molecule has 0 radical (unpaired) electrons. The van der Waals surface area contributed by atoms with E-state index in [2.05, 4.69) is 0 Å². The predicted octanol–water partition coefficient (Wildman–Crippen LogP) is 1.74. The summed E-state index contributed by atoms with van der Waals surface area (Å²) in [5, 5.41) is 10.3. The summed E-state index contributed by atoms with van der Waals surface area (Å²) in [5.74, 6) is 0.952. The number of esters is 1. The van der Waals surface area contributed by atoms with Gasteiger partial charge in [0, 0.05) is 5.92 Å². The van der Waals surface area contributed by atoms with Crippen molar-refractivity contribution in [2.24, 2.45) is 17.8 Å². The number of hydrogen-bond acceptors (Lipinski definition) is 3. The van der Waals surface area contributed by atoms with Gasteiger partial charge in [0.1, 0.15) is 0 Å². The Morgan fingerprint density at radius 2 is 2.20 bits per heavy atom. The topological polar surface area (TPSA) is 46.5 Å². The van der Waals surface area contributed by atoms with E-state index in [9.17, 15) is 9.90 Å². The van der Waals surface area contributed by atoms with Crippen LogP contribution in [-0.4, -0.2) is 23.3 Å². The number of carbonyl (C=O) groups excluding carboxylic acids is 1. The van der Waals surface area contributed by atoms with Crippen LogP contribution < -0.4 is 0 Å². The molecule has 4 unspecified atom stereocenters. The van der Waals surface area contributed by atoms with Crippen molar-refractivity contribution < 1.29 is 14.6 Å². The number of hydrogen-bond donors (Lipinski definition) is 1. The molecule has 1 N–H and O–H groups in total. The molecule has 0 saturated heterocycles. The Kier molecular flexibility index (Phi) is 2.75. The van der Waals surface area contributed by atoms with E-state index in [1.54, 1.807) is 13.8 Å². The summed E-state index contributed by atoms with van der Waals surface area (Å²) in [6.07, 6.45) is 4.64. The van der Waals surface area contributed by atoms with Crippen molar-refractivity contribution in [2.45, 2.75) is 45.1 Å². The van der Waals surface area contributed by atoms with Crippen LogP contribution >= 0.6 is 0 Å². The monoisotopic (exact) mass is 212 g/mol. The van der Waals surface area contributed by atoms with Crippen molar-refractivity contribution >= 4 is 5.97 Å². The van der Waals surface area contributed by atoms with Crippen LogP contribution in [0.15, 0.2) is 0 Å². The first-order chi connectivity index (χ1) is 7.05. The van der Waals surface area contributed by atoms with E-state index in [1.165, 1.54) is 19.3 Å². The molecule has 4 atom stereocenters. The van der Waals surface area contributed by atoms with Crippen molar-refractivity contribution in [3.8, 4) is 0 Å². The first-order valence-electron chi connectivity index (χ1n) is 5.95. The van der Waals surface area contributed by atoms with Crippen LogP contribution in [0.25, 0.3) is 0 Å². The lowest BCUT2D eigenvalue weighted by Gasteiger charge is -2.33. The summed E-state index contributed by atoms with van der Waals surface area (Å²) in [6.45, 7) is 3.74. The maximum Gasteiger partial charge on any atom is 0.338 e. The van der Waals surface area contributed by atoms with Gasteiger partial charge in [0.15, 0.2) is 5.60 Å². The second-order valence-corrected chi connectivity index (χ2v) is 5.15. The Morgan fingerprint density at radius 1 is 1.47 bits per heavy atom. The summed E-state index contributed by atoms with van der Waals surface area (Å²) in [7, 11) is 0. The van der Waals surface area contributed by atoms with Crippen LogP contribution in [-0.2, 0) is 9.53 Å². The van der Waals surface area contributed by atoms with Gasteiger partial charge in [-0.3, -0.25) is 0 Å². The molecular formula is C12H20O3. The van der Waals surface area contributed by atoms with Gasteiger partial charge in [0.25, 0.3) is 0 Å². The molecule has 0 amide bonds. The van der Waals surface area contributed by atoms with Gasteiger partial charge in [-0.15, -0.1) is 0 Å². The number of ether oxygens (including phenoxy) is 1. The molecule has 2 bridgehead atoms. The average Bonchev–Trinajstić information content (AvgIpc) is 2.79. The quantitative estimate of drug-likeness (QED) is 0.725. The van der Waals surface area contributed by atoms with Crippen molar-refractivity contribution in [2.75, 3.05) is 6.61 Å². The van der Waals surface area contributed by atoms with Gasteiger partial charge in [-0.1, -0.05) is 6.42 Å². The third-order valence-electron chi connectivity index (χ3n) is 4.15. The van der Waals surface area contributed by atoms with E-state index in [-0.39, 0.29) is 5.92 Å². The summed E-state index contributed by atoms with van der Waals surface area (Å²) >= 11 is 0. The molecule has 2 aliphatic carbocycles. The SMILES string of the molecule is CCOC(=O)C(C)(O)C1CC2CCC1C2. The number of carbonyl (C=O) groups is 1. The van der Waals surface area contributed by atoms with Crippen LogP contribution in [0, 0.1) is 17.8 Å². The molecule has 2 fully saturated rings. The summed E-state index contributed by atoms with van der Waals surface area (Å²) in [4.78, 5) is 11.7. The van der Waals surface area contributed by atoms with Gasteiger partial charge in [-0.05, 0) is 44.9 Å². The molecule has 15 heavy (non-hydrogen) atoms. The van der Waals surface area contributed by atoms with Gasteiger partial charge in [-0.2, -0.15) is 0 Å². The molecule has 3 nitrogen and oxygen atoms in total. The largest absolute Gasteiger partial charge is 0.464 e. The minimum atomic E-state index is -1.27. The van der Waals surface area contributed by atoms with Crippen molar-refractivity contribution in [1.29, 1.82) is 0 Å². The van der Waals surface area contributed by atoms with Gasteiger partial charge in [0.05, 0.1) is 6.61 Å². The minimum Gasteiger partial charge on any atom is -0.464 e. The Labute approximate surface area is 90.8 Å². The Bertz CT molecular complexity index is 260. The maximum atomic E-state index is 11.7. The molecule has 2 saturated carbocycles. The Morgan fingerprint density at radius 3 is 2.67 bits per heavy atom. The highest BCUT2D eigenvalue weighted by Gasteiger charge is 2.51. The molecule has 2 aliphatic rings. The maximum absolute atomic E-state index is 11.7. The highest BCUT2D eigenvalue weighted by atomic mass is 16.5. The third kappa shape index (κ3) is 1.78. The minimum absolute atomic E-state index is 0.121. The molecule has 86 valence electrons. The molecule has 0 aliphatic heterocycles. The van der Waals surface area contributed by atoms with Crippen molar-refractivity contribution in [1.82, 2.24) is 0 Å². The molecule has 3 heteroatoms. The first-order valence-corrected chi connectivity index (χ1v) is 5.95. The molecule has 0 spiro atoms. The summed E-state index contributed by atoms with van der Waals surface area (Å²) in [5.41, 5.74) is -1.27. The zero-order valence-corrected chi connectivity index (χ0v) is 9.53. The van der Waals surface area contributed by atoms with E-state index in [1.807, 2.05) is 0 Å². The number of rotatable bonds is 3. The van der Waals surface area contributed by atoms with Crippen LogP contribution in [0.1, 0.15) is 39.5 Å². The lowest BCUT2D eigenvalue weighted by Crippen LogP contribution is -2.46. The van der Waals surface area contributed by atoms with Crippen LogP contribution in [0.4, 0.5) is 0 Å². The zero-order chi connectivity index (χ0) is 11.1. The lowest BCUT2D eigenvalue weighted by atomic mass is 9.77. The van der Waals surface area contributed by atoms with Crippen LogP contribution in [0.2, 0.25) is 0 Å². The van der Waals surface area contributed by atoms with Crippen molar-refractivity contribution in [3.05, 3.63) is 0 Å². The standard InChI is InChI=1S/C12H20O3/c1-3-15-11(13)12(2,14)10-7-8-4-5-9(10)6-8/h8-10,14H,3-7H2,1-2H3. The van der Waals surface area contributed by atoms with Gasteiger partial charge < -0.3 is 9.84 Å². The predicted molar refractivity (Wildman–Crippen MR) is 56.2 cm³/mol. The number of aliphatic hydroxyl groups is 1. The first kappa shape index (κ1) is 10.9. The van der Waals surface area contributed by atoms with Crippen LogP contribution in [0.3, 0.4) is 0 Å². The molecule has 0 aromatic heterocycles. The summed E-state index contributed by atoms with van der Waals surface area (Å²) in [6, 6.07) is 0. The lowest BCUT2D eigenvalue weighted by molar-refractivity contribution is -0.171. The van der Waals surface area contributed by atoms with Crippen molar-refractivity contribution in [3.63, 3.8) is 0 Å². The zero-order valence-electron chi connectivity index (χ0n) is 9.53. The average molecular weight is 212 g/mol. The normalized spacial score (nSPS) is 37.7. The van der Waals surface area contributed by atoms with Crippen LogP contribution in [0.5, 0.6) is 0 Å². The smallest absolute Gasteiger partial charge is 0.338 e. The van der Waals surface area contributed by atoms with E-state index in [4.69, 9.17) is 4.74 Å². The highest BCUT2D eigenvalue weighted by Crippen LogP contribution is 2.52. The van der Waals surface area contributed by atoms with E-state index in [0.29, 0.717) is 12.5 Å². The second-order valence-electron chi connectivity index (χ2n) is 5.15. The van der Waals surface area contributed by atoms with E-state index < -0.39 is 11.6 Å². The molecule has 2 rings (SSSR count). The molecule has 0 heterocycles. The molecule has 0 aromatic carbocycles. The Hall–Kier alpha value is -0.570. The molecule has 0 aromatic rings. The fourth-order valence-electron chi connectivity index (χ4n) is 3.36. The Balaban J connectivity index is 2.05. The van der Waals surface area contributed by atoms with Gasteiger partial charge >= 0.3 is 5.97 Å². The second kappa shape index (κ2) is 3.78. The van der Waals surface area contributed by atoms with Gasteiger partial charge in [0.2, 0.25) is 0 Å². The summed E-state index contributed by atoms with van der Waals surface area (Å²) < 4.78 is 4.94. The fraction of sp³-hybridized carbons (Fsp3) is 0.917. The van der Waals surface area contributed by atoms with Gasteiger partial charge in [-0.25, -0.2) is 4.79 Å². The highest BCUT2D eigenvalue weighted by molar-refractivity contribution is 5.79. The van der Waals surface area contributed by atoms with E-state index >= 15 is 0 Å². The van der Waals surface area contributed by atoms with E-state index in [0.717, 1.165) is 12.3 Å². The third-order valence-corrected chi connectivity index (χ3v) is 4.15. The molecular weight excluding hydrogens is 192 g/mol.